The lowest BCUT2D eigenvalue weighted by Gasteiger charge is -2.37. The molecule has 0 bridgehead atoms. The number of nitrogens with zero attached hydrogens (tertiary/aromatic N) is 1. The molecule has 88 valence electrons. The molecule has 1 aliphatic heterocycles. The molecule has 0 saturated carbocycles. The molecule has 1 aromatic rings. The van der Waals surface area contributed by atoms with Crippen molar-refractivity contribution in [3.8, 4) is 0 Å². The lowest BCUT2D eigenvalue weighted by molar-refractivity contribution is 0.139. The summed E-state index contributed by atoms with van der Waals surface area (Å²) in [5.41, 5.74) is 2.76. The first-order valence-electron chi connectivity index (χ1n) is 6.18. The molecular formula is C14H22N2. The molecule has 16 heavy (non-hydrogen) atoms. The van der Waals surface area contributed by atoms with Crippen molar-refractivity contribution >= 4 is 0 Å². The third-order valence-electron chi connectivity index (χ3n) is 3.40. The molecule has 1 heterocycles. The maximum atomic E-state index is 3.51. The predicted molar refractivity (Wildman–Crippen MR) is 68.5 cm³/mol. The quantitative estimate of drug-likeness (QED) is 0.818. The molecule has 1 aliphatic rings. The topological polar surface area (TPSA) is 15.3 Å². The first-order valence-corrected chi connectivity index (χ1v) is 6.18. The van der Waals surface area contributed by atoms with E-state index in [1.165, 1.54) is 11.1 Å². The van der Waals surface area contributed by atoms with Crippen LogP contribution in [0.25, 0.3) is 0 Å². The van der Waals surface area contributed by atoms with Crippen molar-refractivity contribution in [2.75, 3.05) is 13.1 Å². The van der Waals surface area contributed by atoms with Crippen LogP contribution in [0.5, 0.6) is 0 Å². The van der Waals surface area contributed by atoms with E-state index in [-0.39, 0.29) is 0 Å². The maximum Gasteiger partial charge on any atom is 0.0237 e. The number of benzene rings is 1. The summed E-state index contributed by atoms with van der Waals surface area (Å²) in [7, 11) is 0. The molecular weight excluding hydrogens is 196 g/mol. The smallest absolute Gasteiger partial charge is 0.0237 e. The Labute approximate surface area is 98.7 Å². The van der Waals surface area contributed by atoms with Crippen molar-refractivity contribution in [1.29, 1.82) is 0 Å². The fraction of sp³-hybridized carbons (Fsp3) is 0.571. The number of rotatable bonds is 2. The van der Waals surface area contributed by atoms with Crippen LogP contribution in [0.3, 0.4) is 0 Å². The van der Waals surface area contributed by atoms with E-state index in [0.29, 0.717) is 12.1 Å². The normalized spacial score (nSPS) is 26.9. The molecule has 0 amide bonds. The standard InChI is InChI=1S/C14H22N2/c1-11-4-6-14(7-5-11)10-16-9-12(2)15-8-13(16)3/h4-7,12-13,15H,8-10H2,1-3H3/t12-,13-/m0/s1. The largest absolute Gasteiger partial charge is 0.311 e. The van der Waals surface area contributed by atoms with Crippen LogP contribution in [-0.4, -0.2) is 30.1 Å². The zero-order valence-electron chi connectivity index (χ0n) is 10.5. The number of hydrogen-bond acceptors (Lipinski definition) is 2. The number of piperazine rings is 1. The first kappa shape index (κ1) is 11.6. The highest BCUT2D eigenvalue weighted by atomic mass is 15.2. The second-order valence-electron chi connectivity index (χ2n) is 5.07. The fourth-order valence-corrected chi connectivity index (χ4v) is 2.25. The van der Waals surface area contributed by atoms with E-state index < -0.39 is 0 Å². The molecule has 1 saturated heterocycles. The van der Waals surface area contributed by atoms with Gasteiger partial charge < -0.3 is 5.32 Å². The van der Waals surface area contributed by atoms with Gasteiger partial charge in [0.15, 0.2) is 0 Å². The minimum Gasteiger partial charge on any atom is -0.311 e. The second-order valence-corrected chi connectivity index (χ2v) is 5.07. The molecule has 2 nitrogen and oxygen atoms in total. The van der Waals surface area contributed by atoms with E-state index >= 15 is 0 Å². The molecule has 1 aromatic carbocycles. The van der Waals surface area contributed by atoms with Gasteiger partial charge in [0, 0.05) is 31.7 Å². The molecule has 0 unspecified atom stereocenters. The molecule has 0 spiro atoms. The van der Waals surface area contributed by atoms with Crippen LogP contribution in [0.15, 0.2) is 24.3 Å². The Kier molecular flexibility index (Phi) is 3.62. The number of hydrogen-bond donors (Lipinski definition) is 1. The highest BCUT2D eigenvalue weighted by Crippen LogP contribution is 2.12. The van der Waals surface area contributed by atoms with Gasteiger partial charge in [-0.1, -0.05) is 29.8 Å². The van der Waals surface area contributed by atoms with Gasteiger partial charge in [-0.2, -0.15) is 0 Å². The summed E-state index contributed by atoms with van der Waals surface area (Å²) in [5.74, 6) is 0. The lowest BCUT2D eigenvalue weighted by Crippen LogP contribution is -2.53. The SMILES string of the molecule is Cc1ccc(CN2C[C@H](C)NC[C@@H]2C)cc1. The van der Waals surface area contributed by atoms with Crippen molar-refractivity contribution in [2.24, 2.45) is 0 Å². The molecule has 2 rings (SSSR count). The Morgan fingerprint density at radius 3 is 2.62 bits per heavy atom. The van der Waals surface area contributed by atoms with Gasteiger partial charge in [-0.05, 0) is 26.3 Å². The summed E-state index contributed by atoms with van der Waals surface area (Å²) in [6.45, 7) is 10.0. The van der Waals surface area contributed by atoms with E-state index in [0.717, 1.165) is 19.6 Å². The average molecular weight is 218 g/mol. The van der Waals surface area contributed by atoms with E-state index in [2.05, 4.69) is 55.3 Å². The summed E-state index contributed by atoms with van der Waals surface area (Å²) in [6, 6.07) is 10.1. The minimum absolute atomic E-state index is 0.613. The zero-order chi connectivity index (χ0) is 11.5. The Morgan fingerprint density at radius 2 is 1.94 bits per heavy atom. The molecule has 0 aliphatic carbocycles. The Balaban J connectivity index is 2.00. The van der Waals surface area contributed by atoms with Crippen molar-refractivity contribution in [3.63, 3.8) is 0 Å². The molecule has 1 N–H and O–H groups in total. The summed E-state index contributed by atoms with van der Waals surface area (Å²) in [6.07, 6.45) is 0. The summed E-state index contributed by atoms with van der Waals surface area (Å²) < 4.78 is 0. The summed E-state index contributed by atoms with van der Waals surface area (Å²) >= 11 is 0. The van der Waals surface area contributed by atoms with Gasteiger partial charge in [-0.15, -0.1) is 0 Å². The average Bonchev–Trinajstić information content (AvgIpc) is 2.27. The van der Waals surface area contributed by atoms with Gasteiger partial charge in [0.2, 0.25) is 0 Å². The monoisotopic (exact) mass is 218 g/mol. The van der Waals surface area contributed by atoms with Crippen molar-refractivity contribution in [2.45, 2.75) is 39.4 Å². The van der Waals surface area contributed by atoms with Crippen LogP contribution >= 0.6 is 0 Å². The van der Waals surface area contributed by atoms with E-state index in [4.69, 9.17) is 0 Å². The van der Waals surface area contributed by atoms with Gasteiger partial charge in [0.05, 0.1) is 0 Å². The van der Waals surface area contributed by atoms with Crippen LogP contribution in [0, 0.1) is 6.92 Å². The predicted octanol–water partition coefficient (Wildman–Crippen LogP) is 2.18. The first-order chi connectivity index (χ1) is 7.65. The van der Waals surface area contributed by atoms with Crippen LogP contribution in [0.1, 0.15) is 25.0 Å². The Bertz CT molecular complexity index is 331. The van der Waals surface area contributed by atoms with Gasteiger partial charge >= 0.3 is 0 Å². The molecule has 0 radical (unpaired) electrons. The summed E-state index contributed by atoms with van der Waals surface area (Å²) in [4.78, 5) is 2.56. The highest BCUT2D eigenvalue weighted by molar-refractivity contribution is 5.21. The van der Waals surface area contributed by atoms with Crippen LogP contribution in [0.4, 0.5) is 0 Å². The van der Waals surface area contributed by atoms with Crippen LogP contribution in [0.2, 0.25) is 0 Å². The van der Waals surface area contributed by atoms with Gasteiger partial charge in [-0.25, -0.2) is 0 Å². The third kappa shape index (κ3) is 2.83. The number of aryl methyl sites for hydroxylation is 1. The van der Waals surface area contributed by atoms with Crippen molar-refractivity contribution in [1.82, 2.24) is 10.2 Å². The zero-order valence-corrected chi connectivity index (χ0v) is 10.5. The van der Waals surface area contributed by atoms with Gasteiger partial charge in [0.1, 0.15) is 0 Å². The van der Waals surface area contributed by atoms with Crippen molar-refractivity contribution in [3.05, 3.63) is 35.4 Å². The Morgan fingerprint density at radius 1 is 1.25 bits per heavy atom. The third-order valence-corrected chi connectivity index (χ3v) is 3.40. The van der Waals surface area contributed by atoms with Gasteiger partial charge in [0.25, 0.3) is 0 Å². The maximum absolute atomic E-state index is 3.51. The number of nitrogens with one attached hydrogen (secondary N) is 1. The van der Waals surface area contributed by atoms with E-state index in [1.807, 2.05) is 0 Å². The van der Waals surface area contributed by atoms with Gasteiger partial charge in [-0.3, -0.25) is 4.90 Å². The fourth-order valence-electron chi connectivity index (χ4n) is 2.25. The molecule has 1 fully saturated rings. The second kappa shape index (κ2) is 4.98. The van der Waals surface area contributed by atoms with E-state index in [9.17, 15) is 0 Å². The highest BCUT2D eigenvalue weighted by Gasteiger charge is 2.21. The Hall–Kier alpha value is -0.860. The van der Waals surface area contributed by atoms with Crippen molar-refractivity contribution < 1.29 is 0 Å². The van der Waals surface area contributed by atoms with E-state index in [1.54, 1.807) is 0 Å². The molecule has 2 atom stereocenters. The molecule has 0 aromatic heterocycles. The minimum atomic E-state index is 0.613. The molecule has 2 heteroatoms. The summed E-state index contributed by atoms with van der Waals surface area (Å²) in [5, 5.41) is 3.51. The lowest BCUT2D eigenvalue weighted by atomic mass is 10.1. The van der Waals surface area contributed by atoms with Crippen LogP contribution in [-0.2, 0) is 6.54 Å². The van der Waals surface area contributed by atoms with Crippen LogP contribution < -0.4 is 5.32 Å².